The number of rotatable bonds is 7. The first-order valence-electron chi connectivity index (χ1n) is 6.90. The molecule has 6 heteroatoms. The van der Waals surface area contributed by atoms with Gasteiger partial charge in [-0.2, -0.15) is 0 Å². The fourth-order valence-corrected chi connectivity index (χ4v) is 1.73. The predicted molar refractivity (Wildman–Crippen MR) is 82.4 cm³/mol. The van der Waals surface area contributed by atoms with Gasteiger partial charge in [0.05, 0.1) is 19.7 Å². The third kappa shape index (κ3) is 5.43. The first kappa shape index (κ1) is 17.0. The molecule has 116 valence electrons. The average molecular weight is 293 g/mol. The zero-order valence-electron chi connectivity index (χ0n) is 13.0. The normalized spacial score (nSPS) is 11.6. The Morgan fingerprint density at radius 3 is 2.71 bits per heavy atom. The van der Waals surface area contributed by atoms with Crippen LogP contribution < -0.4 is 15.4 Å². The summed E-state index contributed by atoms with van der Waals surface area (Å²) in [5.41, 5.74) is 0.658. The van der Waals surface area contributed by atoms with Gasteiger partial charge < -0.3 is 15.0 Å². The van der Waals surface area contributed by atoms with E-state index in [0.717, 1.165) is 0 Å². The first-order valence-corrected chi connectivity index (χ1v) is 6.90. The monoisotopic (exact) mass is 293 g/mol. The number of anilines is 1. The second-order valence-electron chi connectivity index (χ2n) is 4.74. The molecule has 21 heavy (non-hydrogen) atoms. The molecular formula is C15H23N3O3. The summed E-state index contributed by atoms with van der Waals surface area (Å²) in [6.07, 6.45) is 0. The molecular weight excluding hydrogens is 270 g/mol. The van der Waals surface area contributed by atoms with Crippen molar-refractivity contribution in [2.24, 2.45) is 0 Å². The van der Waals surface area contributed by atoms with Crippen LogP contribution in [0.2, 0.25) is 0 Å². The van der Waals surface area contributed by atoms with Gasteiger partial charge in [-0.05, 0) is 26.0 Å². The highest BCUT2D eigenvalue weighted by molar-refractivity contribution is 5.93. The molecule has 0 aromatic heterocycles. The van der Waals surface area contributed by atoms with Gasteiger partial charge in [-0.25, -0.2) is 0 Å². The summed E-state index contributed by atoms with van der Waals surface area (Å²) in [6, 6.07) is 6.71. The summed E-state index contributed by atoms with van der Waals surface area (Å²) < 4.78 is 5.09. The van der Waals surface area contributed by atoms with Gasteiger partial charge in [0.2, 0.25) is 11.8 Å². The Morgan fingerprint density at radius 1 is 1.38 bits per heavy atom. The van der Waals surface area contributed by atoms with E-state index in [2.05, 4.69) is 10.6 Å². The van der Waals surface area contributed by atoms with E-state index >= 15 is 0 Å². The molecule has 1 aromatic rings. The predicted octanol–water partition coefficient (Wildman–Crippen LogP) is 1.09. The van der Waals surface area contributed by atoms with Crippen LogP contribution in [-0.4, -0.2) is 50.0 Å². The molecule has 0 heterocycles. The number of hydrogen-bond donors (Lipinski definition) is 2. The van der Waals surface area contributed by atoms with Crippen molar-refractivity contribution in [1.29, 1.82) is 0 Å². The van der Waals surface area contributed by atoms with Crippen LogP contribution in [0.15, 0.2) is 24.3 Å². The van der Waals surface area contributed by atoms with Crippen molar-refractivity contribution in [2.45, 2.75) is 19.9 Å². The maximum Gasteiger partial charge on any atom is 0.239 e. The molecule has 6 nitrogen and oxygen atoms in total. The van der Waals surface area contributed by atoms with Gasteiger partial charge in [0.25, 0.3) is 0 Å². The van der Waals surface area contributed by atoms with Gasteiger partial charge >= 0.3 is 0 Å². The summed E-state index contributed by atoms with van der Waals surface area (Å²) in [5.74, 6) is 0.433. The minimum Gasteiger partial charge on any atom is -0.497 e. The highest BCUT2D eigenvalue weighted by atomic mass is 16.5. The lowest BCUT2D eigenvalue weighted by Crippen LogP contribution is -2.45. The topological polar surface area (TPSA) is 70.7 Å². The number of amides is 2. The molecule has 1 unspecified atom stereocenters. The summed E-state index contributed by atoms with van der Waals surface area (Å²) in [4.78, 5) is 25.3. The number of hydrogen-bond acceptors (Lipinski definition) is 4. The van der Waals surface area contributed by atoms with Crippen molar-refractivity contribution >= 4 is 17.5 Å². The lowest BCUT2D eigenvalue weighted by Gasteiger charge is -2.20. The van der Waals surface area contributed by atoms with E-state index < -0.39 is 6.04 Å². The van der Waals surface area contributed by atoms with Crippen molar-refractivity contribution in [3.63, 3.8) is 0 Å². The fraction of sp³-hybridized carbons (Fsp3) is 0.467. The molecule has 0 saturated carbocycles. The van der Waals surface area contributed by atoms with Crippen molar-refractivity contribution < 1.29 is 14.3 Å². The smallest absolute Gasteiger partial charge is 0.239 e. The quantitative estimate of drug-likeness (QED) is 0.789. The molecule has 0 fully saturated rings. The van der Waals surface area contributed by atoms with Crippen LogP contribution in [0.1, 0.15) is 13.8 Å². The first-order chi connectivity index (χ1) is 9.97. The number of nitrogens with one attached hydrogen (secondary N) is 2. The van der Waals surface area contributed by atoms with Crippen LogP contribution in [0.5, 0.6) is 5.75 Å². The van der Waals surface area contributed by atoms with Gasteiger partial charge in [0.15, 0.2) is 0 Å². The fourth-order valence-electron chi connectivity index (χ4n) is 1.73. The van der Waals surface area contributed by atoms with Crippen molar-refractivity contribution in [3.8, 4) is 5.75 Å². The Kier molecular flexibility index (Phi) is 6.68. The Hall–Kier alpha value is -2.08. The SMILES string of the molecule is CCN(C)C(=O)C(C)NCC(=O)Nc1cccc(OC)c1. The van der Waals surface area contributed by atoms with E-state index in [9.17, 15) is 9.59 Å². The van der Waals surface area contributed by atoms with Crippen molar-refractivity contribution in [3.05, 3.63) is 24.3 Å². The highest BCUT2D eigenvalue weighted by Crippen LogP contribution is 2.16. The number of nitrogens with zero attached hydrogens (tertiary/aromatic N) is 1. The number of benzene rings is 1. The molecule has 0 radical (unpaired) electrons. The van der Waals surface area contributed by atoms with Gasteiger partial charge in [-0.3, -0.25) is 14.9 Å². The van der Waals surface area contributed by atoms with Crippen LogP contribution in [0.3, 0.4) is 0 Å². The Balaban J connectivity index is 2.45. The largest absolute Gasteiger partial charge is 0.497 e. The van der Waals surface area contributed by atoms with Crippen LogP contribution >= 0.6 is 0 Å². The summed E-state index contributed by atoms with van der Waals surface area (Å²) in [5, 5.41) is 5.66. The van der Waals surface area contributed by atoms with E-state index in [0.29, 0.717) is 18.0 Å². The number of ether oxygens (including phenoxy) is 1. The van der Waals surface area contributed by atoms with Gasteiger partial charge in [0, 0.05) is 25.3 Å². The molecule has 1 aromatic carbocycles. The molecule has 0 spiro atoms. The van der Waals surface area contributed by atoms with E-state index in [1.54, 1.807) is 50.2 Å². The number of likely N-dealkylation sites (N-methyl/N-ethyl adjacent to an activating group) is 1. The Morgan fingerprint density at radius 2 is 2.10 bits per heavy atom. The third-order valence-electron chi connectivity index (χ3n) is 3.14. The summed E-state index contributed by atoms with van der Waals surface area (Å²) >= 11 is 0. The van der Waals surface area contributed by atoms with Gasteiger partial charge in [-0.1, -0.05) is 6.07 Å². The van der Waals surface area contributed by atoms with Crippen LogP contribution in [-0.2, 0) is 9.59 Å². The number of carbonyl (C=O) groups is 2. The molecule has 0 aliphatic heterocycles. The van der Waals surface area contributed by atoms with E-state index in [-0.39, 0.29) is 18.4 Å². The second kappa shape index (κ2) is 8.26. The van der Waals surface area contributed by atoms with Crippen LogP contribution in [0, 0.1) is 0 Å². The van der Waals surface area contributed by atoms with E-state index in [1.807, 2.05) is 6.92 Å². The molecule has 2 N–H and O–H groups in total. The molecule has 1 rings (SSSR count). The van der Waals surface area contributed by atoms with Crippen LogP contribution in [0.25, 0.3) is 0 Å². The van der Waals surface area contributed by atoms with Crippen LogP contribution in [0.4, 0.5) is 5.69 Å². The molecule has 0 aliphatic rings. The number of carbonyl (C=O) groups excluding carboxylic acids is 2. The zero-order valence-corrected chi connectivity index (χ0v) is 13.0. The third-order valence-corrected chi connectivity index (χ3v) is 3.14. The summed E-state index contributed by atoms with van der Waals surface area (Å²) in [7, 11) is 3.30. The molecule has 0 aliphatic carbocycles. The van der Waals surface area contributed by atoms with Crippen molar-refractivity contribution in [2.75, 3.05) is 32.6 Å². The maximum atomic E-state index is 11.8. The summed E-state index contributed by atoms with van der Waals surface area (Å²) in [6.45, 7) is 4.36. The van der Waals surface area contributed by atoms with Gasteiger partial charge in [0.1, 0.15) is 5.75 Å². The lowest BCUT2D eigenvalue weighted by atomic mass is 10.2. The molecule has 2 amide bonds. The molecule has 0 saturated heterocycles. The van der Waals surface area contributed by atoms with E-state index in [1.165, 1.54) is 0 Å². The minimum absolute atomic E-state index is 0.0355. The maximum absolute atomic E-state index is 11.8. The Labute approximate surface area is 125 Å². The van der Waals surface area contributed by atoms with Crippen molar-refractivity contribution in [1.82, 2.24) is 10.2 Å². The second-order valence-corrected chi connectivity index (χ2v) is 4.74. The minimum atomic E-state index is -0.397. The zero-order chi connectivity index (χ0) is 15.8. The molecule has 1 atom stereocenters. The number of methoxy groups -OCH3 is 1. The molecule has 0 bridgehead atoms. The average Bonchev–Trinajstić information content (AvgIpc) is 2.51. The Bertz CT molecular complexity index is 491. The van der Waals surface area contributed by atoms with E-state index in [4.69, 9.17) is 4.74 Å². The lowest BCUT2D eigenvalue weighted by molar-refractivity contribution is -0.131. The standard InChI is InChI=1S/C15H23N3O3/c1-5-18(3)15(20)11(2)16-10-14(19)17-12-7-6-8-13(9-12)21-4/h6-9,11,16H,5,10H2,1-4H3,(H,17,19). The van der Waals surface area contributed by atoms with Gasteiger partial charge in [-0.15, -0.1) is 0 Å². The highest BCUT2D eigenvalue weighted by Gasteiger charge is 2.16.